The van der Waals surface area contributed by atoms with Gasteiger partial charge >= 0.3 is 0 Å². The lowest BCUT2D eigenvalue weighted by Gasteiger charge is -2.27. The zero-order valence-corrected chi connectivity index (χ0v) is 15.0. The lowest BCUT2D eigenvalue weighted by molar-refractivity contribution is 0.102. The maximum atomic E-state index is 12.4. The Labute approximate surface area is 157 Å². The van der Waals surface area contributed by atoms with E-state index in [1.165, 1.54) is 0 Å². The van der Waals surface area contributed by atoms with Gasteiger partial charge in [0.2, 0.25) is 0 Å². The Kier molecular flexibility index (Phi) is 5.10. The Bertz CT molecular complexity index is 1020. The minimum atomic E-state index is -0.519. The molecule has 0 saturated carbocycles. The summed E-state index contributed by atoms with van der Waals surface area (Å²) in [6, 6.07) is 15.0. The first-order valence-electron chi connectivity index (χ1n) is 8.42. The highest BCUT2D eigenvalue weighted by molar-refractivity contribution is 6.04. The number of aliphatic imine (C=N–C) groups is 1. The monoisotopic (exact) mass is 355 g/mol. The first kappa shape index (κ1) is 18.0. The quantitative estimate of drug-likeness (QED) is 0.904. The third-order valence-corrected chi connectivity index (χ3v) is 4.53. The summed E-state index contributed by atoms with van der Waals surface area (Å²) in [7, 11) is 0. The number of rotatable bonds is 3. The molecule has 1 amide bonds. The molecule has 1 aliphatic heterocycles. The van der Waals surface area contributed by atoms with Crippen molar-refractivity contribution < 1.29 is 4.79 Å². The van der Waals surface area contributed by atoms with Gasteiger partial charge in [-0.05, 0) is 43.7 Å². The molecule has 2 unspecified atom stereocenters. The van der Waals surface area contributed by atoms with E-state index in [9.17, 15) is 15.3 Å². The summed E-state index contributed by atoms with van der Waals surface area (Å²) >= 11 is 0. The molecule has 0 bridgehead atoms. The van der Waals surface area contributed by atoms with Crippen molar-refractivity contribution in [3.63, 3.8) is 0 Å². The van der Waals surface area contributed by atoms with E-state index >= 15 is 0 Å². The molecule has 1 aromatic heterocycles. The number of carbonyl (C=O) groups is 1. The van der Waals surface area contributed by atoms with Crippen LogP contribution in [0.5, 0.6) is 0 Å². The summed E-state index contributed by atoms with van der Waals surface area (Å²) in [5.41, 5.74) is 3.67. The number of nitriles is 2. The fourth-order valence-corrected chi connectivity index (χ4v) is 3.22. The molecule has 0 radical (unpaired) electrons. The number of benzene rings is 1. The Balaban J connectivity index is 1.95. The minimum absolute atomic E-state index is 0.250. The van der Waals surface area contributed by atoms with Crippen molar-refractivity contribution in [1.29, 1.82) is 10.5 Å². The normalized spacial score (nSPS) is 18.9. The SMILES string of the molecule is CC1=NC(C)=C(C#N)C(c2cccc(NC(=O)c3ccncc3)c2)C1C#N. The van der Waals surface area contributed by atoms with Crippen LogP contribution >= 0.6 is 0 Å². The van der Waals surface area contributed by atoms with Crippen molar-refractivity contribution in [1.82, 2.24) is 4.98 Å². The molecule has 132 valence electrons. The molecule has 0 spiro atoms. The van der Waals surface area contributed by atoms with Crippen LogP contribution in [0.4, 0.5) is 5.69 Å². The maximum absolute atomic E-state index is 12.4. The third-order valence-electron chi connectivity index (χ3n) is 4.53. The van der Waals surface area contributed by atoms with Gasteiger partial charge in [-0.25, -0.2) is 0 Å². The lowest BCUT2D eigenvalue weighted by atomic mass is 9.77. The van der Waals surface area contributed by atoms with Crippen LogP contribution in [0.1, 0.15) is 35.7 Å². The van der Waals surface area contributed by atoms with E-state index in [1.54, 1.807) is 56.6 Å². The molecular weight excluding hydrogens is 338 g/mol. The number of amides is 1. The second-order valence-corrected chi connectivity index (χ2v) is 6.26. The fourth-order valence-electron chi connectivity index (χ4n) is 3.22. The molecule has 0 aliphatic carbocycles. The average Bonchev–Trinajstić information content (AvgIpc) is 2.68. The number of carbonyl (C=O) groups excluding carboxylic acids is 1. The van der Waals surface area contributed by atoms with Crippen LogP contribution in [0.25, 0.3) is 0 Å². The molecule has 0 fully saturated rings. The van der Waals surface area contributed by atoms with Crippen LogP contribution in [0.2, 0.25) is 0 Å². The van der Waals surface area contributed by atoms with Gasteiger partial charge in [0.15, 0.2) is 0 Å². The highest BCUT2D eigenvalue weighted by Crippen LogP contribution is 2.38. The molecule has 2 atom stereocenters. The molecule has 1 aromatic carbocycles. The van der Waals surface area contributed by atoms with Crippen LogP contribution in [0.15, 0.2) is 65.1 Å². The van der Waals surface area contributed by atoms with Crippen LogP contribution in [0.3, 0.4) is 0 Å². The molecule has 1 N–H and O–H groups in total. The van der Waals surface area contributed by atoms with Gasteiger partial charge in [0.25, 0.3) is 5.91 Å². The second-order valence-electron chi connectivity index (χ2n) is 6.26. The van der Waals surface area contributed by atoms with Gasteiger partial charge in [0.1, 0.15) is 0 Å². The molecule has 6 nitrogen and oxygen atoms in total. The number of pyridine rings is 1. The van der Waals surface area contributed by atoms with E-state index in [-0.39, 0.29) is 5.91 Å². The van der Waals surface area contributed by atoms with Gasteiger partial charge in [0.05, 0.1) is 29.3 Å². The van der Waals surface area contributed by atoms with Gasteiger partial charge in [-0.15, -0.1) is 0 Å². The van der Waals surface area contributed by atoms with E-state index < -0.39 is 11.8 Å². The van der Waals surface area contributed by atoms with Crippen molar-refractivity contribution in [2.75, 3.05) is 5.32 Å². The van der Waals surface area contributed by atoms with Crippen LogP contribution < -0.4 is 5.32 Å². The first-order valence-corrected chi connectivity index (χ1v) is 8.42. The summed E-state index contributed by atoms with van der Waals surface area (Å²) in [6.45, 7) is 3.57. The van der Waals surface area contributed by atoms with Gasteiger partial charge in [0, 0.05) is 35.3 Å². The number of nitrogens with zero attached hydrogens (tertiary/aromatic N) is 4. The number of aromatic nitrogens is 1. The summed E-state index contributed by atoms with van der Waals surface area (Å²) in [5.74, 6) is -1.18. The summed E-state index contributed by atoms with van der Waals surface area (Å²) in [4.78, 5) is 20.6. The number of nitrogens with one attached hydrogen (secondary N) is 1. The highest BCUT2D eigenvalue weighted by atomic mass is 16.1. The Morgan fingerprint density at radius 3 is 2.56 bits per heavy atom. The largest absolute Gasteiger partial charge is 0.322 e. The molecule has 6 heteroatoms. The summed E-state index contributed by atoms with van der Waals surface area (Å²) in [5, 5.41) is 22.1. The third kappa shape index (κ3) is 3.61. The van der Waals surface area contributed by atoms with E-state index in [2.05, 4.69) is 27.4 Å². The van der Waals surface area contributed by atoms with Crippen LogP contribution in [-0.4, -0.2) is 16.6 Å². The predicted molar refractivity (Wildman–Crippen MR) is 102 cm³/mol. The highest BCUT2D eigenvalue weighted by Gasteiger charge is 2.33. The van der Waals surface area contributed by atoms with E-state index in [4.69, 9.17) is 0 Å². The zero-order chi connectivity index (χ0) is 19.4. The standard InChI is InChI=1S/C21H17N5O/c1-13-18(11-22)20(19(12-23)14(2)25-13)16-4-3-5-17(10-16)26-21(27)15-6-8-24-9-7-15/h3-10,18,20H,1-2H3,(H,26,27). The van der Waals surface area contributed by atoms with E-state index in [0.29, 0.717) is 28.2 Å². The predicted octanol–water partition coefficient (Wildman–Crippen LogP) is 3.83. The molecule has 1 aliphatic rings. The molecular formula is C21H17N5O. The second kappa shape index (κ2) is 7.63. The smallest absolute Gasteiger partial charge is 0.255 e. The number of hydrogen-bond donors (Lipinski definition) is 1. The first-order chi connectivity index (χ1) is 13.0. The van der Waals surface area contributed by atoms with Crippen molar-refractivity contribution >= 4 is 17.3 Å². The van der Waals surface area contributed by atoms with Crippen LogP contribution in [-0.2, 0) is 0 Å². The number of allylic oxidation sites excluding steroid dienone is 2. The topological polar surface area (TPSA) is 102 Å². The molecule has 27 heavy (non-hydrogen) atoms. The van der Waals surface area contributed by atoms with Gasteiger partial charge < -0.3 is 5.32 Å². The molecule has 2 aromatic rings. The lowest BCUT2D eigenvalue weighted by Crippen LogP contribution is -2.25. The van der Waals surface area contributed by atoms with E-state index in [0.717, 1.165) is 5.56 Å². The molecule has 3 rings (SSSR count). The molecule has 0 saturated heterocycles. The van der Waals surface area contributed by atoms with Gasteiger partial charge in [-0.1, -0.05) is 12.1 Å². The van der Waals surface area contributed by atoms with Gasteiger partial charge in [-0.3, -0.25) is 14.8 Å². The number of hydrogen-bond acceptors (Lipinski definition) is 5. The van der Waals surface area contributed by atoms with Crippen molar-refractivity contribution in [2.45, 2.75) is 19.8 Å². The minimum Gasteiger partial charge on any atom is -0.322 e. The van der Waals surface area contributed by atoms with Crippen molar-refractivity contribution in [3.8, 4) is 12.1 Å². The fraction of sp³-hybridized carbons (Fsp3) is 0.190. The Morgan fingerprint density at radius 1 is 1.15 bits per heavy atom. The van der Waals surface area contributed by atoms with Crippen LogP contribution in [0, 0.1) is 28.6 Å². The van der Waals surface area contributed by atoms with Crippen molar-refractivity contribution in [2.24, 2.45) is 10.9 Å². The van der Waals surface area contributed by atoms with E-state index in [1.807, 2.05) is 6.07 Å². The summed E-state index contributed by atoms with van der Waals surface area (Å²) < 4.78 is 0. The Hall–Kier alpha value is -3.77. The van der Waals surface area contributed by atoms with Crippen molar-refractivity contribution in [3.05, 3.63) is 71.2 Å². The maximum Gasteiger partial charge on any atom is 0.255 e. The Morgan fingerprint density at radius 2 is 1.89 bits per heavy atom. The molecule has 2 heterocycles. The average molecular weight is 355 g/mol. The number of anilines is 1. The van der Waals surface area contributed by atoms with Gasteiger partial charge in [-0.2, -0.15) is 10.5 Å². The zero-order valence-electron chi connectivity index (χ0n) is 15.0. The summed E-state index contributed by atoms with van der Waals surface area (Å²) in [6.07, 6.45) is 3.11.